The molecule has 2 N–H and O–H groups in total. The molecule has 0 spiro atoms. The molecule has 1 aromatic carbocycles. The highest BCUT2D eigenvalue weighted by Gasteiger charge is 2.47. The second-order valence-corrected chi connectivity index (χ2v) is 6.36. The van der Waals surface area contributed by atoms with E-state index in [0.717, 1.165) is 17.7 Å². The van der Waals surface area contributed by atoms with E-state index in [-0.39, 0.29) is 24.5 Å². The van der Waals surface area contributed by atoms with Gasteiger partial charge in [0.15, 0.2) is 0 Å². The number of rotatable bonds is 4. The SMILES string of the molecule is COc1ccc(C(=O)NC2C3CCC(C3)C2CO)c(C)c1. The summed E-state index contributed by atoms with van der Waals surface area (Å²) in [6, 6.07) is 5.62. The van der Waals surface area contributed by atoms with Gasteiger partial charge in [0.05, 0.1) is 7.11 Å². The minimum atomic E-state index is -0.0360. The Morgan fingerprint density at radius 2 is 2.14 bits per heavy atom. The van der Waals surface area contributed by atoms with Crippen molar-refractivity contribution in [2.75, 3.05) is 13.7 Å². The highest BCUT2D eigenvalue weighted by molar-refractivity contribution is 5.96. The maximum Gasteiger partial charge on any atom is 0.251 e. The first-order valence-corrected chi connectivity index (χ1v) is 7.70. The first-order chi connectivity index (χ1) is 10.1. The lowest BCUT2D eigenvalue weighted by Crippen LogP contribution is -2.45. The van der Waals surface area contributed by atoms with Crippen LogP contribution in [0.1, 0.15) is 35.2 Å². The molecule has 0 aliphatic heterocycles. The molecule has 114 valence electrons. The molecule has 0 radical (unpaired) electrons. The van der Waals surface area contributed by atoms with Crippen LogP contribution in [-0.2, 0) is 0 Å². The Bertz CT molecular complexity index is 543. The zero-order chi connectivity index (χ0) is 15.0. The molecule has 4 heteroatoms. The van der Waals surface area contributed by atoms with E-state index in [2.05, 4.69) is 5.32 Å². The largest absolute Gasteiger partial charge is 0.497 e. The lowest BCUT2D eigenvalue weighted by molar-refractivity contribution is 0.0861. The molecule has 4 atom stereocenters. The van der Waals surface area contributed by atoms with Gasteiger partial charge in [-0.1, -0.05) is 0 Å². The number of nitrogens with one attached hydrogen (secondary N) is 1. The summed E-state index contributed by atoms with van der Waals surface area (Å²) in [4.78, 5) is 12.5. The molecule has 1 amide bonds. The van der Waals surface area contributed by atoms with Crippen LogP contribution in [-0.4, -0.2) is 30.8 Å². The van der Waals surface area contributed by atoms with Crippen molar-refractivity contribution in [3.8, 4) is 5.75 Å². The van der Waals surface area contributed by atoms with E-state index >= 15 is 0 Å². The number of carbonyl (C=O) groups excluding carboxylic acids is 1. The van der Waals surface area contributed by atoms with Crippen molar-refractivity contribution in [3.63, 3.8) is 0 Å². The van der Waals surface area contributed by atoms with Gasteiger partial charge in [0, 0.05) is 24.1 Å². The summed E-state index contributed by atoms with van der Waals surface area (Å²) in [5.74, 6) is 2.08. The first kappa shape index (κ1) is 14.4. The molecule has 3 rings (SSSR count). The summed E-state index contributed by atoms with van der Waals surface area (Å²) in [6.45, 7) is 2.09. The summed E-state index contributed by atoms with van der Waals surface area (Å²) in [5.41, 5.74) is 1.60. The third kappa shape index (κ3) is 2.53. The van der Waals surface area contributed by atoms with Crippen molar-refractivity contribution >= 4 is 5.91 Å². The molecular formula is C17H23NO3. The Morgan fingerprint density at radius 3 is 2.81 bits per heavy atom. The van der Waals surface area contributed by atoms with Crippen molar-refractivity contribution in [2.45, 2.75) is 32.2 Å². The van der Waals surface area contributed by atoms with Gasteiger partial charge in [-0.15, -0.1) is 0 Å². The minimum Gasteiger partial charge on any atom is -0.497 e. The van der Waals surface area contributed by atoms with Crippen molar-refractivity contribution in [3.05, 3.63) is 29.3 Å². The highest BCUT2D eigenvalue weighted by Crippen LogP contribution is 2.48. The molecule has 2 fully saturated rings. The zero-order valence-electron chi connectivity index (χ0n) is 12.6. The number of hydrogen-bond acceptors (Lipinski definition) is 3. The van der Waals surface area contributed by atoms with Gasteiger partial charge in [0.25, 0.3) is 5.91 Å². The number of aliphatic hydroxyl groups excluding tert-OH is 1. The van der Waals surface area contributed by atoms with Gasteiger partial charge >= 0.3 is 0 Å². The van der Waals surface area contributed by atoms with Crippen LogP contribution in [0, 0.1) is 24.7 Å². The Balaban J connectivity index is 1.74. The third-order valence-electron chi connectivity index (χ3n) is 5.28. The predicted molar refractivity (Wildman–Crippen MR) is 80.4 cm³/mol. The lowest BCUT2D eigenvalue weighted by atomic mass is 9.85. The Labute approximate surface area is 125 Å². The number of ether oxygens (including phenoxy) is 1. The van der Waals surface area contributed by atoms with Crippen LogP contribution in [0.25, 0.3) is 0 Å². The standard InChI is InChI=1S/C17H23NO3/c1-10-7-13(21-2)5-6-14(10)17(20)18-16-12-4-3-11(8-12)15(16)9-19/h5-7,11-12,15-16,19H,3-4,8-9H2,1-2H3,(H,18,20). The third-order valence-corrected chi connectivity index (χ3v) is 5.28. The van der Waals surface area contributed by atoms with Crippen LogP contribution in [0.2, 0.25) is 0 Å². The summed E-state index contributed by atoms with van der Waals surface area (Å²) < 4.78 is 5.17. The quantitative estimate of drug-likeness (QED) is 0.893. The Kier molecular flexibility index (Phi) is 3.89. The fourth-order valence-corrected chi connectivity index (χ4v) is 4.15. The molecule has 0 saturated heterocycles. The number of hydrogen-bond donors (Lipinski definition) is 2. The van der Waals surface area contributed by atoms with Crippen molar-refractivity contribution in [1.29, 1.82) is 0 Å². The zero-order valence-corrected chi connectivity index (χ0v) is 12.6. The maximum atomic E-state index is 12.5. The average molecular weight is 289 g/mol. The summed E-state index contributed by atoms with van der Waals surface area (Å²) >= 11 is 0. The highest BCUT2D eigenvalue weighted by atomic mass is 16.5. The predicted octanol–water partition coefficient (Wildman–Crippen LogP) is 2.14. The van der Waals surface area contributed by atoms with Gasteiger partial charge in [-0.3, -0.25) is 4.79 Å². The normalized spacial score (nSPS) is 30.4. The van der Waals surface area contributed by atoms with Gasteiger partial charge in [-0.05, 0) is 61.8 Å². The Hall–Kier alpha value is -1.55. The van der Waals surface area contributed by atoms with Gasteiger partial charge in [0.2, 0.25) is 0 Å². The monoisotopic (exact) mass is 289 g/mol. The number of benzene rings is 1. The van der Waals surface area contributed by atoms with Gasteiger partial charge in [0.1, 0.15) is 5.75 Å². The van der Waals surface area contributed by atoms with E-state index in [1.807, 2.05) is 25.1 Å². The second kappa shape index (κ2) is 5.68. The average Bonchev–Trinajstić information content (AvgIpc) is 3.07. The van der Waals surface area contributed by atoms with Crippen molar-refractivity contribution in [1.82, 2.24) is 5.32 Å². The van der Waals surface area contributed by atoms with Gasteiger partial charge < -0.3 is 15.2 Å². The van der Waals surface area contributed by atoms with Crippen molar-refractivity contribution < 1.29 is 14.6 Å². The smallest absolute Gasteiger partial charge is 0.251 e. The molecule has 21 heavy (non-hydrogen) atoms. The van der Waals surface area contributed by atoms with Crippen LogP contribution < -0.4 is 10.1 Å². The van der Waals surface area contributed by atoms with E-state index in [1.165, 1.54) is 12.8 Å². The summed E-state index contributed by atoms with van der Waals surface area (Å²) in [7, 11) is 1.62. The maximum absolute atomic E-state index is 12.5. The van der Waals surface area contributed by atoms with Crippen LogP contribution in [0.4, 0.5) is 0 Å². The van der Waals surface area contributed by atoms with Crippen LogP contribution in [0.5, 0.6) is 5.75 Å². The summed E-state index contributed by atoms with van der Waals surface area (Å²) in [6.07, 6.45) is 3.52. The number of carbonyl (C=O) groups is 1. The lowest BCUT2D eigenvalue weighted by Gasteiger charge is -2.30. The number of aryl methyl sites for hydroxylation is 1. The molecule has 0 aromatic heterocycles. The molecule has 2 aliphatic rings. The molecule has 2 saturated carbocycles. The fourth-order valence-electron chi connectivity index (χ4n) is 4.15. The van der Waals surface area contributed by atoms with Gasteiger partial charge in [-0.25, -0.2) is 0 Å². The molecule has 1 aromatic rings. The van der Waals surface area contributed by atoms with E-state index in [1.54, 1.807) is 7.11 Å². The van der Waals surface area contributed by atoms with Gasteiger partial charge in [-0.2, -0.15) is 0 Å². The van der Waals surface area contributed by atoms with E-state index in [4.69, 9.17) is 4.74 Å². The molecule has 4 unspecified atom stereocenters. The molecule has 2 aliphatic carbocycles. The number of amides is 1. The van der Waals surface area contributed by atoms with E-state index in [0.29, 0.717) is 17.4 Å². The minimum absolute atomic E-state index is 0.0360. The topological polar surface area (TPSA) is 58.6 Å². The number of aliphatic hydroxyl groups is 1. The fraction of sp³-hybridized carbons (Fsp3) is 0.588. The van der Waals surface area contributed by atoms with Crippen LogP contribution in [0.3, 0.4) is 0 Å². The molecule has 2 bridgehead atoms. The van der Waals surface area contributed by atoms with Crippen molar-refractivity contribution in [2.24, 2.45) is 17.8 Å². The van der Waals surface area contributed by atoms with E-state index < -0.39 is 0 Å². The second-order valence-electron chi connectivity index (χ2n) is 6.36. The Morgan fingerprint density at radius 1 is 1.38 bits per heavy atom. The van der Waals surface area contributed by atoms with Crippen LogP contribution >= 0.6 is 0 Å². The molecule has 0 heterocycles. The molecule has 4 nitrogen and oxygen atoms in total. The summed E-state index contributed by atoms with van der Waals surface area (Å²) in [5, 5.41) is 12.8. The number of methoxy groups -OCH3 is 1. The first-order valence-electron chi connectivity index (χ1n) is 7.70. The number of fused-ring (bicyclic) bond motifs is 2. The van der Waals surface area contributed by atoms with E-state index in [9.17, 15) is 9.90 Å². The van der Waals surface area contributed by atoms with Crippen LogP contribution in [0.15, 0.2) is 18.2 Å². The molecular weight excluding hydrogens is 266 g/mol.